The SMILES string of the molecule is Cc1cccc(CCN(CC2CC2)C(=O)c2nc(N)sc2-c2cccc(C)c2)c1. The molecule has 0 unspecified atom stereocenters. The van der Waals surface area contributed by atoms with Crippen LogP contribution in [0.3, 0.4) is 0 Å². The van der Waals surface area contributed by atoms with Gasteiger partial charge in [0.15, 0.2) is 5.13 Å². The minimum Gasteiger partial charge on any atom is -0.375 e. The minimum absolute atomic E-state index is 0.00555. The van der Waals surface area contributed by atoms with Gasteiger partial charge in [-0.3, -0.25) is 4.79 Å². The Morgan fingerprint density at radius 1 is 1.14 bits per heavy atom. The third-order valence-corrected chi connectivity index (χ3v) is 6.28. The summed E-state index contributed by atoms with van der Waals surface area (Å²) < 4.78 is 0. The number of aryl methyl sites for hydroxylation is 2. The number of aromatic nitrogens is 1. The Morgan fingerprint density at radius 2 is 1.86 bits per heavy atom. The van der Waals surface area contributed by atoms with Gasteiger partial charge in [0.05, 0.1) is 4.88 Å². The second-order valence-electron chi connectivity index (χ2n) is 8.03. The first kappa shape index (κ1) is 19.6. The molecule has 0 bridgehead atoms. The number of thiazole rings is 1. The molecule has 1 heterocycles. The highest BCUT2D eigenvalue weighted by molar-refractivity contribution is 7.19. The van der Waals surface area contributed by atoms with E-state index in [-0.39, 0.29) is 5.91 Å². The van der Waals surface area contributed by atoms with Gasteiger partial charge in [0.25, 0.3) is 5.91 Å². The van der Waals surface area contributed by atoms with Crippen molar-refractivity contribution in [3.63, 3.8) is 0 Å². The molecule has 1 amide bonds. The van der Waals surface area contributed by atoms with E-state index < -0.39 is 0 Å². The summed E-state index contributed by atoms with van der Waals surface area (Å²) in [5.74, 6) is 0.615. The third-order valence-electron chi connectivity index (χ3n) is 5.34. The van der Waals surface area contributed by atoms with Crippen LogP contribution in [0.4, 0.5) is 5.13 Å². The van der Waals surface area contributed by atoms with Crippen LogP contribution in [0, 0.1) is 19.8 Å². The second kappa shape index (κ2) is 8.37. The van der Waals surface area contributed by atoms with Gasteiger partial charge >= 0.3 is 0 Å². The molecule has 1 aliphatic carbocycles. The van der Waals surface area contributed by atoms with Crippen molar-refractivity contribution in [2.75, 3.05) is 18.8 Å². The van der Waals surface area contributed by atoms with Crippen LogP contribution in [0.25, 0.3) is 10.4 Å². The molecule has 1 aliphatic rings. The van der Waals surface area contributed by atoms with Crippen molar-refractivity contribution in [1.82, 2.24) is 9.88 Å². The number of carbonyl (C=O) groups excluding carboxylic acids is 1. The number of hydrogen-bond donors (Lipinski definition) is 1. The lowest BCUT2D eigenvalue weighted by molar-refractivity contribution is 0.0745. The molecule has 150 valence electrons. The Balaban J connectivity index is 1.59. The lowest BCUT2D eigenvalue weighted by Gasteiger charge is -2.22. The first-order valence-electron chi connectivity index (χ1n) is 10.2. The number of nitrogen functional groups attached to an aromatic ring is 1. The second-order valence-corrected chi connectivity index (χ2v) is 9.06. The molecule has 2 aromatic carbocycles. The highest BCUT2D eigenvalue weighted by Gasteiger charge is 2.30. The van der Waals surface area contributed by atoms with Crippen molar-refractivity contribution in [3.05, 3.63) is 70.9 Å². The van der Waals surface area contributed by atoms with Gasteiger partial charge in [-0.05, 0) is 50.2 Å². The fraction of sp³-hybridized carbons (Fsp3) is 0.333. The highest BCUT2D eigenvalue weighted by Crippen LogP contribution is 2.35. The van der Waals surface area contributed by atoms with Crippen LogP contribution in [-0.4, -0.2) is 28.9 Å². The molecule has 0 atom stereocenters. The van der Waals surface area contributed by atoms with Gasteiger partial charge in [-0.15, -0.1) is 0 Å². The Hall–Kier alpha value is -2.66. The van der Waals surface area contributed by atoms with Crippen LogP contribution in [0.15, 0.2) is 48.5 Å². The zero-order valence-electron chi connectivity index (χ0n) is 17.0. The number of nitrogens with zero attached hydrogens (tertiary/aromatic N) is 2. The van der Waals surface area contributed by atoms with E-state index >= 15 is 0 Å². The molecule has 1 saturated carbocycles. The van der Waals surface area contributed by atoms with Crippen molar-refractivity contribution < 1.29 is 4.79 Å². The summed E-state index contributed by atoms with van der Waals surface area (Å²) in [7, 11) is 0. The molecule has 29 heavy (non-hydrogen) atoms. The van der Waals surface area contributed by atoms with Crippen LogP contribution >= 0.6 is 11.3 Å². The summed E-state index contributed by atoms with van der Waals surface area (Å²) >= 11 is 1.39. The minimum atomic E-state index is -0.00555. The first-order chi connectivity index (χ1) is 14.0. The molecule has 5 heteroatoms. The van der Waals surface area contributed by atoms with E-state index in [0.29, 0.717) is 23.3 Å². The molecular formula is C24H27N3OS. The number of hydrogen-bond acceptors (Lipinski definition) is 4. The van der Waals surface area contributed by atoms with E-state index in [0.717, 1.165) is 29.0 Å². The summed E-state index contributed by atoms with van der Waals surface area (Å²) in [6.45, 7) is 5.65. The normalized spacial score (nSPS) is 13.4. The molecule has 3 aromatic rings. The summed E-state index contributed by atoms with van der Waals surface area (Å²) in [5.41, 5.74) is 11.2. The van der Waals surface area contributed by atoms with Gasteiger partial charge in [0.2, 0.25) is 0 Å². The van der Waals surface area contributed by atoms with Crippen molar-refractivity contribution >= 4 is 22.4 Å². The summed E-state index contributed by atoms with van der Waals surface area (Å²) in [5, 5.41) is 0.440. The van der Waals surface area contributed by atoms with Crippen LogP contribution in [0.5, 0.6) is 0 Å². The fourth-order valence-electron chi connectivity index (χ4n) is 3.63. The molecule has 4 rings (SSSR count). The van der Waals surface area contributed by atoms with Crippen LogP contribution in [0.2, 0.25) is 0 Å². The number of anilines is 1. The average molecular weight is 406 g/mol. The molecule has 0 radical (unpaired) electrons. The van der Waals surface area contributed by atoms with E-state index in [4.69, 9.17) is 5.73 Å². The van der Waals surface area contributed by atoms with Gasteiger partial charge in [-0.2, -0.15) is 0 Å². The maximum absolute atomic E-state index is 13.5. The van der Waals surface area contributed by atoms with Crippen LogP contribution < -0.4 is 5.73 Å². The van der Waals surface area contributed by atoms with Gasteiger partial charge < -0.3 is 10.6 Å². The van der Waals surface area contributed by atoms with E-state index in [1.165, 1.54) is 35.3 Å². The molecule has 0 spiro atoms. The topological polar surface area (TPSA) is 59.2 Å². The number of carbonyl (C=O) groups is 1. The molecule has 0 aliphatic heterocycles. The van der Waals surface area contributed by atoms with E-state index in [2.05, 4.69) is 55.2 Å². The molecular weight excluding hydrogens is 378 g/mol. The average Bonchev–Trinajstić information content (AvgIpc) is 3.43. The van der Waals surface area contributed by atoms with Crippen molar-refractivity contribution in [1.29, 1.82) is 0 Å². The van der Waals surface area contributed by atoms with Gasteiger partial charge in [-0.25, -0.2) is 4.98 Å². The van der Waals surface area contributed by atoms with E-state index in [1.54, 1.807) is 0 Å². The Labute approximate surface area is 176 Å². The Kier molecular flexibility index (Phi) is 5.67. The summed E-state index contributed by atoms with van der Waals surface area (Å²) in [6, 6.07) is 16.7. The van der Waals surface area contributed by atoms with Gasteiger partial charge in [0.1, 0.15) is 5.69 Å². The van der Waals surface area contributed by atoms with Crippen LogP contribution in [-0.2, 0) is 6.42 Å². The smallest absolute Gasteiger partial charge is 0.274 e. The monoisotopic (exact) mass is 405 g/mol. The third kappa shape index (κ3) is 4.85. The van der Waals surface area contributed by atoms with Crippen molar-refractivity contribution in [2.24, 2.45) is 5.92 Å². The maximum Gasteiger partial charge on any atom is 0.274 e. The maximum atomic E-state index is 13.5. The predicted molar refractivity (Wildman–Crippen MR) is 120 cm³/mol. The lowest BCUT2D eigenvalue weighted by Crippen LogP contribution is -2.35. The zero-order chi connectivity index (χ0) is 20.4. The van der Waals surface area contributed by atoms with E-state index in [1.807, 2.05) is 17.0 Å². The molecule has 2 N–H and O–H groups in total. The largest absolute Gasteiger partial charge is 0.375 e. The molecule has 1 fully saturated rings. The van der Waals surface area contributed by atoms with Crippen molar-refractivity contribution in [2.45, 2.75) is 33.1 Å². The Morgan fingerprint density at radius 3 is 2.55 bits per heavy atom. The quantitative estimate of drug-likeness (QED) is 0.595. The predicted octanol–water partition coefficient (Wildman–Crippen LogP) is 5.10. The number of benzene rings is 2. The fourth-order valence-corrected chi connectivity index (χ4v) is 4.45. The lowest BCUT2D eigenvalue weighted by atomic mass is 10.1. The first-order valence-corrected chi connectivity index (χ1v) is 11.0. The molecule has 0 saturated heterocycles. The highest BCUT2D eigenvalue weighted by atomic mass is 32.1. The van der Waals surface area contributed by atoms with Crippen LogP contribution in [0.1, 0.15) is 40.0 Å². The van der Waals surface area contributed by atoms with Crippen molar-refractivity contribution in [3.8, 4) is 10.4 Å². The molecule has 1 aromatic heterocycles. The summed E-state index contributed by atoms with van der Waals surface area (Å²) in [6.07, 6.45) is 3.26. The van der Waals surface area contributed by atoms with Gasteiger partial charge in [-0.1, -0.05) is 71.0 Å². The molecule has 4 nitrogen and oxygen atoms in total. The van der Waals surface area contributed by atoms with Gasteiger partial charge in [0, 0.05) is 13.1 Å². The zero-order valence-corrected chi connectivity index (χ0v) is 17.8. The number of rotatable bonds is 7. The summed E-state index contributed by atoms with van der Waals surface area (Å²) in [4.78, 5) is 20.8. The number of nitrogens with two attached hydrogens (primary N) is 1. The standard InChI is InChI=1S/C24H27N3OS/c1-16-5-3-7-18(13-16)11-12-27(15-19-9-10-19)23(28)21-22(29-24(25)26-21)20-8-4-6-17(2)14-20/h3-8,13-14,19H,9-12,15H2,1-2H3,(H2,25,26). The van der Waals surface area contributed by atoms with E-state index in [9.17, 15) is 4.79 Å². The number of amides is 1. The Bertz CT molecular complexity index is 1020.